The molecule has 0 bridgehead atoms. The fourth-order valence-electron chi connectivity index (χ4n) is 8.68. The van der Waals surface area contributed by atoms with Crippen molar-refractivity contribution in [1.29, 1.82) is 10.5 Å². The molecule has 2 aromatic heterocycles. The van der Waals surface area contributed by atoms with Crippen molar-refractivity contribution in [3.63, 3.8) is 0 Å². The Kier molecular flexibility index (Phi) is 10.7. The molecular formula is C56H52N4O2. The molecule has 7 aromatic carbocycles. The Hall–Kier alpha value is -7.28. The van der Waals surface area contributed by atoms with Gasteiger partial charge in [-0.3, -0.25) is 0 Å². The van der Waals surface area contributed by atoms with Crippen LogP contribution in [0.4, 0.5) is 0 Å². The van der Waals surface area contributed by atoms with Crippen LogP contribution in [0.25, 0.3) is 77.2 Å². The zero-order valence-electron chi connectivity index (χ0n) is 37.3. The molecule has 62 heavy (non-hydrogen) atoms. The van der Waals surface area contributed by atoms with Crippen LogP contribution < -0.4 is 9.47 Å². The molecule has 0 fully saturated rings. The summed E-state index contributed by atoms with van der Waals surface area (Å²) >= 11 is 0. The van der Waals surface area contributed by atoms with Crippen molar-refractivity contribution in [2.45, 2.75) is 66.2 Å². The van der Waals surface area contributed by atoms with Crippen LogP contribution in [0.3, 0.4) is 0 Å². The van der Waals surface area contributed by atoms with E-state index in [1.165, 1.54) is 11.1 Å². The summed E-state index contributed by atoms with van der Waals surface area (Å²) < 4.78 is 16.6. The van der Waals surface area contributed by atoms with Crippen molar-refractivity contribution < 1.29 is 9.47 Å². The Balaban J connectivity index is 0.00000261. The van der Waals surface area contributed by atoms with Crippen LogP contribution in [0, 0.1) is 22.7 Å². The highest BCUT2D eigenvalue weighted by Gasteiger charge is 2.28. The van der Waals surface area contributed by atoms with Crippen LogP contribution in [0.1, 0.15) is 77.6 Å². The quantitative estimate of drug-likeness (QED) is 0.168. The van der Waals surface area contributed by atoms with Gasteiger partial charge in [-0.25, -0.2) is 0 Å². The first-order chi connectivity index (χ1) is 29.8. The van der Waals surface area contributed by atoms with Gasteiger partial charge < -0.3 is 18.6 Å². The van der Waals surface area contributed by atoms with E-state index in [4.69, 9.17) is 9.47 Å². The fraction of sp³-hybridized carbons (Fsp3) is 0.214. The third-order valence-corrected chi connectivity index (χ3v) is 11.9. The summed E-state index contributed by atoms with van der Waals surface area (Å²) in [5.41, 5.74) is 12.9. The van der Waals surface area contributed by atoms with Crippen molar-refractivity contribution >= 4 is 43.6 Å². The first-order valence-electron chi connectivity index (χ1n) is 21.3. The smallest absolute Gasteiger partial charge is 0.120 e. The highest BCUT2D eigenvalue weighted by atomic mass is 16.5. The largest absolute Gasteiger partial charge is 0.497 e. The van der Waals surface area contributed by atoms with Crippen LogP contribution in [0.2, 0.25) is 0 Å². The molecular weight excluding hydrogens is 761 g/mol. The average molecular weight is 813 g/mol. The molecule has 9 aromatic rings. The van der Waals surface area contributed by atoms with Crippen molar-refractivity contribution in [2.75, 3.05) is 14.2 Å². The first-order valence-corrected chi connectivity index (χ1v) is 21.3. The second kappa shape index (κ2) is 16.0. The highest BCUT2D eigenvalue weighted by Crippen LogP contribution is 2.48. The molecule has 308 valence electrons. The van der Waals surface area contributed by atoms with Crippen LogP contribution in [0.15, 0.2) is 133 Å². The maximum Gasteiger partial charge on any atom is 0.120 e. The van der Waals surface area contributed by atoms with Gasteiger partial charge in [0.15, 0.2) is 0 Å². The molecule has 6 nitrogen and oxygen atoms in total. The minimum Gasteiger partial charge on any atom is -0.497 e. The summed E-state index contributed by atoms with van der Waals surface area (Å²) in [5, 5.41) is 24.8. The number of hydrogen-bond acceptors (Lipinski definition) is 4. The molecule has 0 unspecified atom stereocenters. The molecule has 0 aliphatic rings. The van der Waals surface area contributed by atoms with Crippen LogP contribution in [0.5, 0.6) is 11.5 Å². The zero-order valence-corrected chi connectivity index (χ0v) is 37.3. The average Bonchev–Trinajstić information content (AvgIpc) is 3.79. The second-order valence-electron chi connectivity index (χ2n) is 17.6. The van der Waals surface area contributed by atoms with E-state index in [9.17, 15) is 10.5 Å². The van der Waals surface area contributed by atoms with Gasteiger partial charge in [0.05, 0.1) is 70.9 Å². The lowest BCUT2D eigenvalue weighted by Gasteiger charge is -2.25. The molecule has 0 saturated heterocycles. The minimum atomic E-state index is -0.127. The van der Waals surface area contributed by atoms with Gasteiger partial charge in [0.25, 0.3) is 0 Å². The second-order valence-corrected chi connectivity index (χ2v) is 17.6. The van der Waals surface area contributed by atoms with Crippen molar-refractivity contribution in [2.24, 2.45) is 0 Å². The van der Waals surface area contributed by atoms with Gasteiger partial charge in [0, 0.05) is 44.8 Å². The van der Waals surface area contributed by atoms with Gasteiger partial charge in [-0.2, -0.15) is 10.5 Å². The van der Waals surface area contributed by atoms with Gasteiger partial charge in [-0.15, -0.1) is 0 Å². The van der Waals surface area contributed by atoms with Gasteiger partial charge in [0.1, 0.15) is 11.5 Å². The monoisotopic (exact) mass is 812 g/mol. The van der Waals surface area contributed by atoms with Crippen LogP contribution in [-0.4, -0.2) is 23.4 Å². The first kappa shape index (κ1) is 41.5. The summed E-state index contributed by atoms with van der Waals surface area (Å²) in [6.45, 7) is 17.5. The standard InChI is InChI=1S/C54H46N4O2.C2H6/c1-53(2,3)37-15-19-43-44-20-16-38(54(4,5)6)28-48(44)57(47(43)27-37)51-41(35-13-9-11-33(25-35)31-55)23-24-42(36-14-10-12-34(26-36)32-56)52(51)58-49-29-39(59-7)17-21-45(49)46-22-18-40(60-8)30-50(46)58;1-2/h9-30H,1-8H3;1-2H3. The van der Waals surface area contributed by atoms with E-state index < -0.39 is 0 Å². The van der Waals surface area contributed by atoms with E-state index in [0.29, 0.717) is 11.1 Å². The summed E-state index contributed by atoms with van der Waals surface area (Å²) in [4.78, 5) is 0. The van der Waals surface area contributed by atoms with E-state index >= 15 is 0 Å². The molecule has 0 aliphatic heterocycles. The normalized spacial score (nSPS) is 11.7. The molecule has 0 N–H and O–H groups in total. The van der Waals surface area contributed by atoms with Gasteiger partial charge in [0.2, 0.25) is 0 Å². The number of benzene rings is 7. The van der Waals surface area contributed by atoms with Gasteiger partial charge in [-0.05, 0) is 93.7 Å². The fourth-order valence-corrected chi connectivity index (χ4v) is 8.68. The molecule has 0 aliphatic carbocycles. The Labute approximate surface area is 364 Å². The van der Waals surface area contributed by atoms with E-state index in [-0.39, 0.29) is 10.8 Å². The van der Waals surface area contributed by atoms with Crippen molar-refractivity contribution in [1.82, 2.24) is 9.13 Å². The Bertz CT molecular complexity index is 3150. The predicted molar refractivity (Wildman–Crippen MR) is 257 cm³/mol. The summed E-state index contributed by atoms with van der Waals surface area (Å²) in [7, 11) is 3.39. The Morgan fingerprint density at radius 3 is 1.13 bits per heavy atom. The van der Waals surface area contributed by atoms with E-state index in [1.807, 2.05) is 62.4 Å². The van der Waals surface area contributed by atoms with Crippen LogP contribution >= 0.6 is 0 Å². The molecule has 0 atom stereocenters. The summed E-state index contributed by atoms with van der Waals surface area (Å²) in [6, 6.07) is 51.1. The molecule has 0 saturated carbocycles. The number of fused-ring (bicyclic) bond motifs is 6. The molecule has 0 amide bonds. The van der Waals surface area contributed by atoms with E-state index in [2.05, 4.69) is 148 Å². The number of rotatable bonds is 6. The summed E-state index contributed by atoms with van der Waals surface area (Å²) in [6.07, 6.45) is 0. The van der Waals surface area contributed by atoms with E-state index in [0.717, 1.165) is 88.7 Å². The Morgan fingerprint density at radius 1 is 0.435 bits per heavy atom. The molecule has 6 heteroatoms. The third-order valence-electron chi connectivity index (χ3n) is 11.9. The lowest BCUT2D eigenvalue weighted by atomic mass is 9.86. The Morgan fingerprint density at radius 2 is 0.790 bits per heavy atom. The summed E-state index contributed by atoms with van der Waals surface area (Å²) in [5.74, 6) is 1.46. The van der Waals surface area contributed by atoms with E-state index in [1.54, 1.807) is 14.2 Å². The van der Waals surface area contributed by atoms with Crippen molar-refractivity contribution in [3.8, 4) is 57.3 Å². The third kappa shape index (κ3) is 7.02. The highest BCUT2D eigenvalue weighted by molar-refractivity contribution is 6.14. The van der Waals surface area contributed by atoms with Gasteiger partial charge in [-0.1, -0.05) is 116 Å². The molecule has 9 rings (SSSR count). The number of nitrogens with zero attached hydrogens (tertiary/aromatic N) is 4. The molecule has 0 radical (unpaired) electrons. The number of hydrogen-bond donors (Lipinski definition) is 0. The minimum absolute atomic E-state index is 0.127. The molecule has 0 spiro atoms. The SMILES string of the molecule is CC.COc1ccc2c3ccc(OC)cc3n(-c3c(-c4cccc(C#N)c4)ccc(-c4cccc(C#N)c4)c3-n3c4cc(C(C)(C)C)ccc4c4ccc(C(C)(C)C)cc43)c2c1. The lowest BCUT2D eigenvalue weighted by Crippen LogP contribution is -2.12. The maximum atomic E-state index is 10.2. The zero-order chi connectivity index (χ0) is 44.1. The topological polar surface area (TPSA) is 75.9 Å². The number of ether oxygens (including phenoxy) is 2. The van der Waals surface area contributed by atoms with Crippen LogP contribution in [-0.2, 0) is 10.8 Å². The number of nitriles is 2. The van der Waals surface area contributed by atoms with Gasteiger partial charge >= 0.3 is 0 Å². The van der Waals surface area contributed by atoms with Crippen molar-refractivity contribution in [3.05, 3.63) is 156 Å². The number of methoxy groups -OCH3 is 2. The number of aromatic nitrogens is 2. The molecule has 2 heterocycles. The lowest BCUT2D eigenvalue weighted by molar-refractivity contribution is 0.415. The maximum absolute atomic E-state index is 10.2. The predicted octanol–water partition coefficient (Wildman–Crippen LogP) is 14.6.